The number of hydrogen-bond donors (Lipinski definition) is 2. The molecule has 0 unspecified atom stereocenters. The average molecular weight is 311 g/mol. The van der Waals surface area contributed by atoms with E-state index in [0.717, 1.165) is 24.2 Å². The molecule has 3 rings (SSSR count). The van der Waals surface area contributed by atoms with E-state index in [9.17, 15) is 0 Å². The Morgan fingerprint density at radius 3 is 2.60 bits per heavy atom. The molecule has 106 valence electrons. The fourth-order valence-electron chi connectivity index (χ4n) is 2.82. The lowest BCUT2D eigenvalue weighted by molar-refractivity contribution is 0.648. The first-order chi connectivity index (χ1) is 9.59. The van der Waals surface area contributed by atoms with E-state index < -0.39 is 0 Å². The van der Waals surface area contributed by atoms with Crippen LogP contribution >= 0.6 is 23.2 Å². The Kier molecular flexibility index (Phi) is 3.52. The van der Waals surface area contributed by atoms with Gasteiger partial charge in [-0.1, -0.05) is 48.2 Å². The van der Waals surface area contributed by atoms with E-state index in [0.29, 0.717) is 27.5 Å². The van der Waals surface area contributed by atoms with Crippen molar-refractivity contribution in [2.45, 2.75) is 31.6 Å². The first-order valence-electron chi connectivity index (χ1n) is 6.67. The summed E-state index contributed by atoms with van der Waals surface area (Å²) in [6.07, 6.45) is 4.64. The van der Waals surface area contributed by atoms with Crippen molar-refractivity contribution in [2.24, 2.45) is 0 Å². The molecule has 1 aliphatic carbocycles. The lowest BCUT2D eigenvalue weighted by Gasteiger charge is -2.08. The molecule has 0 radical (unpaired) electrons. The molecule has 1 aromatic heterocycles. The zero-order valence-electron chi connectivity index (χ0n) is 10.9. The van der Waals surface area contributed by atoms with Crippen molar-refractivity contribution in [3.05, 3.63) is 34.1 Å². The summed E-state index contributed by atoms with van der Waals surface area (Å²) in [4.78, 5) is 4.63. The molecule has 0 saturated heterocycles. The Morgan fingerprint density at radius 1 is 1.20 bits per heavy atom. The molecule has 4 nitrogen and oxygen atoms in total. The van der Waals surface area contributed by atoms with Crippen molar-refractivity contribution < 1.29 is 0 Å². The quantitative estimate of drug-likeness (QED) is 0.829. The molecule has 0 spiro atoms. The Labute approximate surface area is 127 Å². The van der Waals surface area contributed by atoms with Crippen LogP contribution in [0.25, 0.3) is 11.3 Å². The number of nitrogen functional groups attached to an aromatic ring is 2. The number of hydrogen-bond acceptors (Lipinski definition) is 3. The molecule has 0 atom stereocenters. The number of anilines is 1. The predicted molar refractivity (Wildman–Crippen MR) is 83.5 cm³/mol. The minimum absolute atomic E-state index is 0.383. The smallest absolute Gasteiger partial charge is 0.150 e. The normalized spacial score (nSPS) is 15.9. The van der Waals surface area contributed by atoms with Gasteiger partial charge in [-0.15, -0.1) is 0 Å². The third-order valence-electron chi connectivity index (χ3n) is 3.90. The van der Waals surface area contributed by atoms with Gasteiger partial charge in [0.2, 0.25) is 0 Å². The number of halogens is 2. The van der Waals surface area contributed by atoms with Gasteiger partial charge in [0.1, 0.15) is 11.5 Å². The first kappa shape index (κ1) is 13.6. The Morgan fingerprint density at radius 2 is 1.90 bits per heavy atom. The minimum atomic E-state index is 0.383. The maximum Gasteiger partial charge on any atom is 0.150 e. The van der Waals surface area contributed by atoms with Gasteiger partial charge >= 0.3 is 0 Å². The molecular weight excluding hydrogens is 295 g/mol. The summed E-state index contributed by atoms with van der Waals surface area (Å²) in [6.45, 7) is 0. The van der Waals surface area contributed by atoms with E-state index in [-0.39, 0.29) is 0 Å². The molecule has 1 heterocycles. The summed E-state index contributed by atoms with van der Waals surface area (Å²) in [7, 11) is 0. The second-order valence-corrected chi connectivity index (χ2v) is 5.94. The van der Waals surface area contributed by atoms with Gasteiger partial charge in [0.05, 0.1) is 10.0 Å². The summed E-state index contributed by atoms with van der Waals surface area (Å²) >= 11 is 12.3. The van der Waals surface area contributed by atoms with E-state index in [2.05, 4.69) is 4.98 Å². The van der Waals surface area contributed by atoms with E-state index in [1.54, 1.807) is 6.07 Å². The highest BCUT2D eigenvalue weighted by Crippen LogP contribution is 2.39. The van der Waals surface area contributed by atoms with Crippen LogP contribution in [0.4, 0.5) is 5.82 Å². The monoisotopic (exact) mass is 310 g/mol. The summed E-state index contributed by atoms with van der Waals surface area (Å²) in [5.41, 5.74) is 7.43. The van der Waals surface area contributed by atoms with Crippen LogP contribution in [-0.4, -0.2) is 9.66 Å². The number of nitrogens with two attached hydrogens (primary N) is 2. The van der Waals surface area contributed by atoms with Crippen LogP contribution in [0.3, 0.4) is 0 Å². The Bertz CT molecular complexity index is 645. The zero-order valence-corrected chi connectivity index (χ0v) is 12.5. The van der Waals surface area contributed by atoms with Crippen molar-refractivity contribution in [3.8, 4) is 11.3 Å². The molecule has 1 fully saturated rings. The van der Waals surface area contributed by atoms with Crippen LogP contribution in [0.2, 0.25) is 10.0 Å². The molecule has 1 saturated carbocycles. The van der Waals surface area contributed by atoms with Crippen molar-refractivity contribution >= 4 is 29.0 Å². The minimum Gasteiger partial charge on any atom is -0.382 e. The van der Waals surface area contributed by atoms with Crippen LogP contribution in [0.1, 0.15) is 37.4 Å². The molecular formula is C14H16Cl2N4. The number of rotatable bonds is 2. The summed E-state index contributed by atoms with van der Waals surface area (Å²) < 4.78 is 1.49. The molecule has 6 heteroatoms. The van der Waals surface area contributed by atoms with Crippen molar-refractivity contribution in [1.82, 2.24) is 9.66 Å². The lowest BCUT2D eigenvalue weighted by atomic mass is 10.1. The first-order valence-corrected chi connectivity index (χ1v) is 7.42. The summed E-state index contributed by atoms with van der Waals surface area (Å²) in [6, 6.07) is 5.42. The van der Waals surface area contributed by atoms with E-state index in [4.69, 9.17) is 34.8 Å². The van der Waals surface area contributed by atoms with Crippen LogP contribution in [0, 0.1) is 0 Å². The molecule has 20 heavy (non-hydrogen) atoms. The number of benzene rings is 1. The maximum atomic E-state index is 6.24. The van der Waals surface area contributed by atoms with Gasteiger partial charge in [-0.3, -0.25) is 0 Å². The molecule has 0 aliphatic heterocycles. The molecule has 1 aromatic carbocycles. The molecule has 0 amide bonds. The van der Waals surface area contributed by atoms with Gasteiger partial charge in [0.15, 0.2) is 5.82 Å². The van der Waals surface area contributed by atoms with Gasteiger partial charge in [-0.05, 0) is 18.9 Å². The fraction of sp³-hybridized carbons (Fsp3) is 0.357. The van der Waals surface area contributed by atoms with E-state index in [1.807, 2.05) is 12.1 Å². The molecule has 1 aliphatic rings. The third-order valence-corrected chi connectivity index (χ3v) is 4.72. The van der Waals surface area contributed by atoms with Crippen LogP contribution in [-0.2, 0) is 0 Å². The number of nitrogens with zero attached hydrogens (tertiary/aromatic N) is 2. The summed E-state index contributed by atoms with van der Waals surface area (Å²) in [5.74, 6) is 7.71. The van der Waals surface area contributed by atoms with Gasteiger partial charge in [0.25, 0.3) is 0 Å². The van der Waals surface area contributed by atoms with Crippen molar-refractivity contribution in [1.29, 1.82) is 0 Å². The second kappa shape index (κ2) is 5.19. The van der Waals surface area contributed by atoms with Crippen molar-refractivity contribution in [2.75, 3.05) is 11.6 Å². The topological polar surface area (TPSA) is 69.9 Å². The van der Waals surface area contributed by atoms with E-state index in [1.165, 1.54) is 17.5 Å². The molecule has 4 N–H and O–H groups in total. The van der Waals surface area contributed by atoms with E-state index >= 15 is 0 Å². The average Bonchev–Trinajstić information content (AvgIpc) is 3.04. The van der Waals surface area contributed by atoms with Crippen LogP contribution in [0.5, 0.6) is 0 Å². The highest BCUT2D eigenvalue weighted by Gasteiger charge is 2.25. The fourth-order valence-corrected chi connectivity index (χ4v) is 3.21. The standard InChI is InChI=1S/C14H16Cl2N4/c15-10-7-3-6-9(11(10)16)12-13(17)20(18)14(19-12)8-4-1-2-5-8/h3,6-8H,1-2,4-5,17-18H2. The molecule has 0 bridgehead atoms. The highest BCUT2D eigenvalue weighted by atomic mass is 35.5. The summed E-state index contributed by atoms with van der Waals surface area (Å²) in [5, 5.41) is 0.939. The Balaban J connectivity index is 2.10. The predicted octanol–water partition coefficient (Wildman–Crippen LogP) is 3.81. The van der Waals surface area contributed by atoms with Gasteiger partial charge in [-0.2, -0.15) is 0 Å². The van der Waals surface area contributed by atoms with Gasteiger partial charge in [-0.25, -0.2) is 9.66 Å². The number of aromatic nitrogens is 2. The maximum absolute atomic E-state index is 6.24. The van der Waals surface area contributed by atoms with Crippen LogP contribution < -0.4 is 11.6 Å². The molecule has 2 aromatic rings. The Hall–Kier alpha value is -1.39. The zero-order chi connectivity index (χ0) is 14.3. The van der Waals surface area contributed by atoms with Crippen molar-refractivity contribution in [3.63, 3.8) is 0 Å². The SMILES string of the molecule is Nc1c(-c2cccc(Cl)c2Cl)nc(C2CCCC2)n1N. The second-order valence-electron chi connectivity index (χ2n) is 5.16. The largest absolute Gasteiger partial charge is 0.382 e. The highest BCUT2D eigenvalue weighted by molar-refractivity contribution is 6.43. The number of imidazole rings is 1. The third kappa shape index (κ3) is 2.13. The van der Waals surface area contributed by atoms with Gasteiger partial charge < -0.3 is 11.6 Å². The van der Waals surface area contributed by atoms with Gasteiger partial charge in [0, 0.05) is 11.5 Å². The lowest BCUT2D eigenvalue weighted by Crippen LogP contribution is -2.17. The van der Waals surface area contributed by atoms with Crippen LogP contribution in [0.15, 0.2) is 18.2 Å².